The number of halogens is 3. The van der Waals surface area contributed by atoms with Gasteiger partial charge in [0.05, 0.1) is 17.6 Å². The highest BCUT2D eigenvalue weighted by Gasteiger charge is 2.38. The van der Waals surface area contributed by atoms with E-state index in [1.807, 2.05) is 0 Å². The van der Waals surface area contributed by atoms with Crippen molar-refractivity contribution in [3.63, 3.8) is 0 Å². The SMILES string of the molecule is COc1cc(C=C2C(=O)c3ccccc3C2=O)ccc1OC1=C([N+](=O)[O-])C=C(C(F)(F)F)CC1. The second-order valence-electron chi connectivity index (χ2n) is 7.51. The number of benzene rings is 2. The molecule has 0 unspecified atom stereocenters. The maximum absolute atomic E-state index is 13.0. The lowest BCUT2D eigenvalue weighted by atomic mass is 10.0. The number of rotatable bonds is 5. The summed E-state index contributed by atoms with van der Waals surface area (Å²) >= 11 is 0. The number of hydrogen-bond acceptors (Lipinski definition) is 6. The zero-order chi connectivity index (χ0) is 24.6. The van der Waals surface area contributed by atoms with Gasteiger partial charge in [-0.2, -0.15) is 13.2 Å². The molecule has 2 aliphatic carbocycles. The summed E-state index contributed by atoms with van der Waals surface area (Å²) in [5, 5.41) is 11.3. The van der Waals surface area contributed by atoms with Gasteiger partial charge in [0.25, 0.3) is 0 Å². The van der Waals surface area contributed by atoms with Gasteiger partial charge in [-0.1, -0.05) is 30.3 Å². The number of fused-ring (bicyclic) bond motifs is 1. The van der Waals surface area contributed by atoms with Gasteiger partial charge in [0.2, 0.25) is 0 Å². The van der Waals surface area contributed by atoms with E-state index in [1.165, 1.54) is 31.4 Å². The molecular formula is C24H16F3NO6. The summed E-state index contributed by atoms with van der Waals surface area (Å²) in [6.45, 7) is 0. The number of ketones is 2. The van der Waals surface area contributed by atoms with Crippen molar-refractivity contribution in [1.29, 1.82) is 0 Å². The summed E-state index contributed by atoms with van der Waals surface area (Å²) in [7, 11) is 1.31. The Kier molecular flexibility index (Phi) is 5.82. The second kappa shape index (κ2) is 8.62. The Bertz CT molecular complexity index is 1280. The molecule has 0 spiro atoms. The van der Waals surface area contributed by atoms with Gasteiger partial charge in [0, 0.05) is 29.2 Å². The maximum Gasteiger partial charge on any atom is 0.412 e. The molecular weight excluding hydrogens is 455 g/mol. The summed E-state index contributed by atoms with van der Waals surface area (Å²) in [4.78, 5) is 35.6. The molecule has 0 amide bonds. The van der Waals surface area contributed by atoms with E-state index in [0.29, 0.717) is 22.8 Å². The minimum Gasteiger partial charge on any atom is -0.493 e. The van der Waals surface area contributed by atoms with E-state index in [0.717, 1.165) is 0 Å². The predicted octanol–water partition coefficient (Wildman–Crippen LogP) is 5.31. The van der Waals surface area contributed by atoms with Crippen LogP contribution in [0.3, 0.4) is 0 Å². The van der Waals surface area contributed by atoms with E-state index in [9.17, 15) is 32.9 Å². The van der Waals surface area contributed by atoms with Crippen molar-refractivity contribution in [2.45, 2.75) is 19.0 Å². The van der Waals surface area contributed by atoms with Gasteiger partial charge in [-0.15, -0.1) is 0 Å². The molecule has 0 saturated heterocycles. The first-order valence-corrected chi connectivity index (χ1v) is 10.0. The lowest BCUT2D eigenvalue weighted by Gasteiger charge is -2.19. The largest absolute Gasteiger partial charge is 0.493 e. The molecule has 0 saturated carbocycles. The molecule has 7 nitrogen and oxygen atoms in total. The van der Waals surface area contributed by atoms with Crippen LogP contribution in [-0.2, 0) is 0 Å². The molecule has 2 aromatic carbocycles. The van der Waals surface area contributed by atoms with E-state index >= 15 is 0 Å². The van der Waals surface area contributed by atoms with Crippen molar-refractivity contribution < 1.29 is 37.2 Å². The quantitative estimate of drug-likeness (QED) is 0.254. The molecule has 10 heteroatoms. The van der Waals surface area contributed by atoms with E-state index in [1.54, 1.807) is 24.3 Å². The van der Waals surface area contributed by atoms with Crippen molar-refractivity contribution in [3.8, 4) is 11.5 Å². The fourth-order valence-corrected chi connectivity index (χ4v) is 3.74. The molecule has 2 aliphatic rings. The van der Waals surface area contributed by atoms with Crippen LogP contribution in [0.2, 0.25) is 0 Å². The van der Waals surface area contributed by atoms with Gasteiger partial charge in [-0.3, -0.25) is 19.7 Å². The molecule has 0 aromatic heterocycles. The molecule has 2 aromatic rings. The average Bonchev–Trinajstić information content (AvgIpc) is 3.04. The first-order valence-electron chi connectivity index (χ1n) is 10.0. The van der Waals surface area contributed by atoms with Gasteiger partial charge in [-0.05, 0) is 30.2 Å². The monoisotopic (exact) mass is 471 g/mol. The minimum absolute atomic E-state index is 0.0210. The van der Waals surface area contributed by atoms with Gasteiger partial charge in [-0.25, -0.2) is 0 Å². The van der Waals surface area contributed by atoms with Crippen molar-refractivity contribution in [2.75, 3.05) is 7.11 Å². The molecule has 4 rings (SSSR count). The van der Waals surface area contributed by atoms with Crippen LogP contribution in [0.4, 0.5) is 13.2 Å². The molecule has 0 atom stereocenters. The molecule has 0 radical (unpaired) electrons. The van der Waals surface area contributed by atoms with Crippen molar-refractivity contribution in [2.24, 2.45) is 0 Å². The number of methoxy groups -OCH3 is 1. The normalized spacial score (nSPS) is 15.8. The van der Waals surface area contributed by atoms with Crippen LogP contribution in [0.15, 0.2) is 71.1 Å². The number of alkyl halides is 3. The smallest absolute Gasteiger partial charge is 0.412 e. The van der Waals surface area contributed by atoms with Gasteiger partial charge in [0.15, 0.2) is 28.8 Å². The number of carbonyl (C=O) groups excluding carboxylic acids is 2. The van der Waals surface area contributed by atoms with E-state index < -0.39 is 40.4 Å². The number of hydrogen-bond donors (Lipinski definition) is 0. The zero-order valence-electron chi connectivity index (χ0n) is 17.6. The highest BCUT2D eigenvalue weighted by molar-refractivity contribution is 6.41. The standard InChI is InChI=1S/C24H16F3NO6/c1-33-21-11-13(10-17-22(29)15-4-2-3-5-16(15)23(17)30)6-8-20(21)34-19-9-7-14(24(25,26)27)12-18(19)28(31)32/h2-6,8,10-12H,7,9H2,1H3. The Morgan fingerprint density at radius 1 is 1.00 bits per heavy atom. The maximum atomic E-state index is 13.0. The molecule has 0 N–H and O–H groups in total. The fraction of sp³-hybridized carbons (Fsp3) is 0.167. The second-order valence-corrected chi connectivity index (χ2v) is 7.51. The summed E-state index contributed by atoms with van der Waals surface area (Å²) < 4.78 is 49.8. The number of nitro groups is 1. The third-order valence-corrected chi connectivity index (χ3v) is 5.42. The number of nitrogens with zero attached hydrogens (tertiary/aromatic N) is 1. The molecule has 174 valence electrons. The van der Waals surface area contributed by atoms with Gasteiger partial charge < -0.3 is 9.47 Å². The van der Waals surface area contributed by atoms with Crippen LogP contribution in [0.5, 0.6) is 11.5 Å². The number of carbonyl (C=O) groups is 2. The lowest BCUT2D eigenvalue weighted by Crippen LogP contribution is -2.19. The van der Waals surface area contributed by atoms with E-state index in [-0.39, 0.29) is 29.3 Å². The van der Waals surface area contributed by atoms with Crippen molar-refractivity contribution in [3.05, 3.63) is 97.9 Å². The Morgan fingerprint density at radius 3 is 2.21 bits per heavy atom. The zero-order valence-corrected chi connectivity index (χ0v) is 17.6. The Balaban J connectivity index is 1.66. The average molecular weight is 471 g/mol. The highest BCUT2D eigenvalue weighted by Crippen LogP contribution is 2.38. The van der Waals surface area contributed by atoms with Crippen LogP contribution < -0.4 is 9.47 Å². The number of allylic oxidation sites excluding steroid dienone is 4. The minimum atomic E-state index is -4.67. The van der Waals surface area contributed by atoms with Crippen LogP contribution in [0.25, 0.3) is 6.08 Å². The summed E-state index contributed by atoms with van der Waals surface area (Å²) in [5.41, 5.74) is -0.756. The fourth-order valence-electron chi connectivity index (χ4n) is 3.74. The Hall–Kier alpha value is -4.21. The molecule has 0 bridgehead atoms. The summed E-state index contributed by atoms with van der Waals surface area (Å²) in [5.74, 6) is -0.898. The summed E-state index contributed by atoms with van der Waals surface area (Å²) in [6.07, 6.45) is -3.59. The number of ether oxygens (including phenoxy) is 2. The first-order chi connectivity index (χ1) is 16.1. The molecule has 0 fully saturated rings. The predicted molar refractivity (Wildman–Crippen MR) is 114 cm³/mol. The number of Topliss-reactive ketones (excluding diaryl/α,β-unsaturated/α-hetero) is 2. The van der Waals surface area contributed by atoms with Crippen molar-refractivity contribution >= 4 is 17.6 Å². The van der Waals surface area contributed by atoms with Gasteiger partial charge >= 0.3 is 11.9 Å². The third-order valence-electron chi connectivity index (χ3n) is 5.42. The molecule has 34 heavy (non-hydrogen) atoms. The molecule has 0 heterocycles. The van der Waals surface area contributed by atoms with Crippen LogP contribution >= 0.6 is 0 Å². The lowest BCUT2D eigenvalue weighted by molar-refractivity contribution is -0.422. The van der Waals surface area contributed by atoms with E-state index in [2.05, 4.69) is 0 Å². The Morgan fingerprint density at radius 2 is 1.65 bits per heavy atom. The Labute approximate surface area is 190 Å². The molecule has 0 aliphatic heterocycles. The third kappa shape index (κ3) is 4.21. The van der Waals surface area contributed by atoms with Gasteiger partial charge in [0.1, 0.15) is 0 Å². The van der Waals surface area contributed by atoms with E-state index in [4.69, 9.17) is 9.47 Å². The topological polar surface area (TPSA) is 95.7 Å². The highest BCUT2D eigenvalue weighted by atomic mass is 19.4. The first kappa shape index (κ1) is 23.0. The van der Waals surface area contributed by atoms with Crippen LogP contribution in [0.1, 0.15) is 39.1 Å². The summed E-state index contributed by atoms with van der Waals surface area (Å²) in [6, 6.07) is 10.8. The van der Waals surface area contributed by atoms with Crippen LogP contribution in [0, 0.1) is 10.1 Å². The van der Waals surface area contributed by atoms with Crippen LogP contribution in [-0.4, -0.2) is 29.8 Å². The van der Waals surface area contributed by atoms with Crippen molar-refractivity contribution in [1.82, 2.24) is 0 Å².